The summed E-state index contributed by atoms with van der Waals surface area (Å²) >= 11 is 1.45. The fourth-order valence-corrected chi connectivity index (χ4v) is 3.29. The van der Waals surface area contributed by atoms with Crippen LogP contribution in [0.25, 0.3) is 11.0 Å². The zero-order chi connectivity index (χ0) is 15.7. The summed E-state index contributed by atoms with van der Waals surface area (Å²) in [5.41, 5.74) is 3.89. The summed E-state index contributed by atoms with van der Waals surface area (Å²) in [7, 11) is 3.56. The molecule has 0 fully saturated rings. The van der Waals surface area contributed by atoms with E-state index in [0.717, 1.165) is 27.9 Å². The van der Waals surface area contributed by atoms with E-state index in [-0.39, 0.29) is 5.91 Å². The minimum Gasteiger partial charge on any atom is -0.496 e. The molecule has 22 heavy (non-hydrogen) atoms. The number of carbonyl (C=O) groups excluding carboxylic acids is 1. The maximum absolute atomic E-state index is 12.2. The molecule has 0 spiro atoms. The Kier molecular flexibility index (Phi) is 3.85. The quantitative estimate of drug-likeness (QED) is 0.805. The molecule has 1 N–H and O–H groups in total. The molecule has 0 aliphatic heterocycles. The van der Waals surface area contributed by atoms with Crippen LogP contribution in [0.5, 0.6) is 5.75 Å². The molecule has 2 aromatic heterocycles. The van der Waals surface area contributed by atoms with Crippen molar-refractivity contribution in [1.29, 1.82) is 0 Å². The molecule has 0 bridgehead atoms. The second kappa shape index (κ2) is 5.81. The van der Waals surface area contributed by atoms with Gasteiger partial charge in [-0.25, -0.2) is 4.98 Å². The molecule has 0 atom stereocenters. The van der Waals surface area contributed by atoms with Crippen molar-refractivity contribution in [2.75, 3.05) is 7.11 Å². The van der Waals surface area contributed by atoms with Crippen LogP contribution in [0.2, 0.25) is 0 Å². The second-order valence-corrected chi connectivity index (χ2v) is 6.05. The molecule has 1 amide bonds. The summed E-state index contributed by atoms with van der Waals surface area (Å²) in [5, 5.41) is 4.93. The molecule has 0 unspecified atom stereocenters. The molecule has 3 aromatic rings. The number of methoxy groups -OCH3 is 1. The molecule has 114 valence electrons. The van der Waals surface area contributed by atoms with Gasteiger partial charge in [0.25, 0.3) is 5.91 Å². The minimum absolute atomic E-state index is 0.0701. The number of benzene rings is 1. The topological polar surface area (TPSA) is 56.1 Å². The van der Waals surface area contributed by atoms with Crippen molar-refractivity contribution in [2.24, 2.45) is 7.05 Å². The normalized spacial score (nSPS) is 10.9. The molecule has 0 aliphatic rings. The zero-order valence-corrected chi connectivity index (χ0v) is 13.5. The zero-order valence-electron chi connectivity index (χ0n) is 12.7. The van der Waals surface area contributed by atoms with Gasteiger partial charge in [-0.15, -0.1) is 11.3 Å². The van der Waals surface area contributed by atoms with Gasteiger partial charge in [-0.2, -0.15) is 0 Å². The molecule has 0 saturated heterocycles. The molecule has 0 radical (unpaired) electrons. The van der Waals surface area contributed by atoms with Gasteiger partial charge in [0.15, 0.2) is 0 Å². The number of rotatable bonds is 4. The fourth-order valence-electron chi connectivity index (χ4n) is 2.48. The van der Waals surface area contributed by atoms with E-state index >= 15 is 0 Å². The first-order valence-electron chi connectivity index (χ1n) is 6.90. The Bertz CT molecular complexity index is 835. The van der Waals surface area contributed by atoms with E-state index in [1.54, 1.807) is 13.4 Å². The Hall–Kier alpha value is -2.34. The predicted octanol–water partition coefficient (Wildman–Crippen LogP) is 2.88. The van der Waals surface area contributed by atoms with Crippen LogP contribution in [0, 0.1) is 6.92 Å². The first-order valence-corrected chi connectivity index (χ1v) is 7.78. The number of amides is 1. The van der Waals surface area contributed by atoms with Crippen LogP contribution in [0.15, 0.2) is 29.9 Å². The van der Waals surface area contributed by atoms with Gasteiger partial charge in [0.05, 0.1) is 29.3 Å². The lowest BCUT2D eigenvalue weighted by Crippen LogP contribution is -2.22. The number of ether oxygens (including phenoxy) is 1. The Morgan fingerprint density at radius 1 is 1.45 bits per heavy atom. The predicted molar refractivity (Wildman–Crippen MR) is 87.5 cm³/mol. The Morgan fingerprint density at radius 2 is 2.27 bits per heavy atom. The van der Waals surface area contributed by atoms with Crippen LogP contribution in [0.3, 0.4) is 0 Å². The lowest BCUT2D eigenvalue weighted by atomic mass is 10.1. The van der Waals surface area contributed by atoms with Crippen LogP contribution in [0.4, 0.5) is 0 Å². The number of aromatic nitrogens is 2. The van der Waals surface area contributed by atoms with E-state index in [1.807, 2.05) is 42.1 Å². The monoisotopic (exact) mass is 315 g/mol. The van der Waals surface area contributed by atoms with Gasteiger partial charge >= 0.3 is 0 Å². The largest absolute Gasteiger partial charge is 0.496 e. The Morgan fingerprint density at radius 3 is 2.95 bits per heavy atom. The van der Waals surface area contributed by atoms with Gasteiger partial charge in [0, 0.05) is 19.2 Å². The number of nitrogens with zero attached hydrogens (tertiary/aromatic N) is 2. The number of aryl methyl sites for hydroxylation is 2. The van der Waals surface area contributed by atoms with Crippen LogP contribution < -0.4 is 10.1 Å². The van der Waals surface area contributed by atoms with Gasteiger partial charge in [0.1, 0.15) is 5.75 Å². The van der Waals surface area contributed by atoms with Gasteiger partial charge in [0.2, 0.25) is 0 Å². The maximum atomic E-state index is 12.2. The second-order valence-electron chi connectivity index (χ2n) is 5.14. The van der Waals surface area contributed by atoms with Crippen LogP contribution in [-0.4, -0.2) is 22.6 Å². The molecule has 5 nitrogen and oxygen atoms in total. The fraction of sp³-hybridized carbons (Fsp3) is 0.250. The van der Waals surface area contributed by atoms with Gasteiger partial charge in [-0.05, 0) is 36.1 Å². The summed E-state index contributed by atoms with van der Waals surface area (Å²) in [6.07, 6.45) is 1.76. The number of imidazole rings is 1. The lowest BCUT2D eigenvalue weighted by Gasteiger charge is -2.11. The van der Waals surface area contributed by atoms with Crippen molar-refractivity contribution in [3.05, 3.63) is 45.9 Å². The van der Waals surface area contributed by atoms with Crippen LogP contribution >= 0.6 is 11.3 Å². The van der Waals surface area contributed by atoms with Gasteiger partial charge < -0.3 is 14.6 Å². The number of nitrogens with one attached hydrogen (secondary N) is 1. The maximum Gasteiger partial charge on any atom is 0.261 e. The van der Waals surface area contributed by atoms with E-state index in [4.69, 9.17) is 4.74 Å². The molecule has 3 rings (SSSR count). The molecular formula is C16H17N3O2S. The average molecular weight is 315 g/mol. The van der Waals surface area contributed by atoms with E-state index < -0.39 is 0 Å². The highest BCUT2D eigenvalue weighted by atomic mass is 32.1. The highest BCUT2D eigenvalue weighted by Crippen LogP contribution is 2.27. The van der Waals surface area contributed by atoms with Crippen molar-refractivity contribution in [3.8, 4) is 5.75 Å². The van der Waals surface area contributed by atoms with Crippen LogP contribution in [0.1, 0.15) is 20.8 Å². The third kappa shape index (κ3) is 2.57. The molecule has 2 heterocycles. The Balaban J connectivity index is 1.89. The summed E-state index contributed by atoms with van der Waals surface area (Å²) in [6, 6.07) is 5.69. The third-order valence-electron chi connectivity index (χ3n) is 3.54. The summed E-state index contributed by atoms with van der Waals surface area (Å²) in [5.74, 6) is 0.679. The van der Waals surface area contributed by atoms with Gasteiger partial charge in [-0.3, -0.25) is 4.79 Å². The number of hydrogen-bond acceptors (Lipinski definition) is 4. The SMILES string of the molecule is COc1ccc2ncn(C)c2c1CNC(=O)c1cc(C)cs1. The molecular weight excluding hydrogens is 298 g/mol. The van der Waals surface area contributed by atoms with Crippen molar-refractivity contribution >= 4 is 28.3 Å². The Labute approximate surface area is 132 Å². The summed E-state index contributed by atoms with van der Waals surface area (Å²) in [4.78, 5) is 17.3. The highest BCUT2D eigenvalue weighted by Gasteiger charge is 2.14. The van der Waals surface area contributed by atoms with Crippen LogP contribution in [-0.2, 0) is 13.6 Å². The summed E-state index contributed by atoms with van der Waals surface area (Å²) < 4.78 is 7.37. The van der Waals surface area contributed by atoms with E-state index in [9.17, 15) is 4.79 Å². The van der Waals surface area contributed by atoms with E-state index in [2.05, 4.69) is 10.3 Å². The van der Waals surface area contributed by atoms with E-state index in [0.29, 0.717) is 11.4 Å². The number of thiophene rings is 1. The third-order valence-corrected chi connectivity index (χ3v) is 4.59. The van der Waals surface area contributed by atoms with Crippen molar-refractivity contribution < 1.29 is 9.53 Å². The molecule has 1 aromatic carbocycles. The molecule has 0 saturated carbocycles. The van der Waals surface area contributed by atoms with Gasteiger partial charge in [-0.1, -0.05) is 0 Å². The lowest BCUT2D eigenvalue weighted by molar-refractivity contribution is 0.0955. The van der Waals surface area contributed by atoms with E-state index in [1.165, 1.54) is 11.3 Å². The van der Waals surface area contributed by atoms with Crippen molar-refractivity contribution in [1.82, 2.24) is 14.9 Å². The molecule has 0 aliphatic carbocycles. The van der Waals surface area contributed by atoms with Crippen molar-refractivity contribution in [3.63, 3.8) is 0 Å². The smallest absolute Gasteiger partial charge is 0.261 e. The standard InChI is InChI=1S/C16H17N3O2S/c1-10-6-14(22-8-10)16(20)17-7-11-13(21-3)5-4-12-15(11)19(2)9-18-12/h4-6,8-9H,7H2,1-3H3,(H,17,20). The summed E-state index contributed by atoms with van der Waals surface area (Å²) in [6.45, 7) is 2.38. The first kappa shape index (κ1) is 14.6. The van der Waals surface area contributed by atoms with Crippen molar-refractivity contribution in [2.45, 2.75) is 13.5 Å². The highest BCUT2D eigenvalue weighted by molar-refractivity contribution is 7.12. The first-order chi connectivity index (χ1) is 10.6. The minimum atomic E-state index is -0.0701. The molecule has 6 heteroatoms. The number of carbonyl (C=O) groups is 1. The number of hydrogen-bond donors (Lipinski definition) is 1. The number of fused-ring (bicyclic) bond motifs is 1. The average Bonchev–Trinajstić information content (AvgIpc) is 3.11.